The number of ether oxygens (including phenoxy) is 2. The van der Waals surface area contributed by atoms with E-state index in [0.717, 1.165) is 63.8 Å². The summed E-state index contributed by atoms with van der Waals surface area (Å²) in [5.74, 6) is 2.13. The summed E-state index contributed by atoms with van der Waals surface area (Å²) in [5, 5.41) is 0.650. The van der Waals surface area contributed by atoms with Gasteiger partial charge in [-0.25, -0.2) is 4.98 Å². The minimum absolute atomic E-state index is 0.636. The van der Waals surface area contributed by atoms with Crippen LogP contribution in [0.4, 0.5) is 11.4 Å². The van der Waals surface area contributed by atoms with E-state index in [4.69, 9.17) is 26.1 Å². The maximum absolute atomic E-state index is 6.94. The van der Waals surface area contributed by atoms with E-state index in [9.17, 15) is 0 Å². The molecular formula is C38H30BrClN4O2. The maximum atomic E-state index is 6.94. The van der Waals surface area contributed by atoms with Gasteiger partial charge in [0.05, 0.1) is 32.3 Å². The van der Waals surface area contributed by atoms with Gasteiger partial charge in [0.1, 0.15) is 5.82 Å². The molecule has 0 N–H and O–H groups in total. The molecule has 2 aliphatic heterocycles. The molecule has 6 nitrogen and oxygen atoms in total. The molecule has 0 amide bonds. The molecule has 0 saturated carbocycles. The molecule has 1 aromatic heterocycles. The van der Waals surface area contributed by atoms with Crippen LogP contribution in [0.1, 0.15) is 11.1 Å². The van der Waals surface area contributed by atoms with Crippen LogP contribution in [0.2, 0.25) is 5.02 Å². The molecule has 6 aromatic rings. The summed E-state index contributed by atoms with van der Waals surface area (Å²) in [7, 11) is 3.29. The van der Waals surface area contributed by atoms with E-state index in [1.165, 1.54) is 22.5 Å². The van der Waals surface area contributed by atoms with E-state index < -0.39 is 0 Å². The van der Waals surface area contributed by atoms with Crippen molar-refractivity contribution in [2.45, 2.75) is 13.1 Å². The zero-order chi connectivity index (χ0) is 31.4. The van der Waals surface area contributed by atoms with E-state index >= 15 is 0 Å². The predicted molar refractivity (Wildman–Crippen MR) is 189 cm³/mol. The SMILES string of the molecule is COc1ccc(-c2nc(-c3ccc4c(c3)CN3CN4Cc4cc(Br)ccc43)n(-c3ccccc3)c2-c2ccccc2Cl)cc1OC. The lowest BCUT2D eigenvalue weighted by molar-refractivity contribution is 0.355. The topological polar surface area (TPSA) is 42.8 Å². The van der Waals surface area contributed by atoms with Gasteiger partial charge in [-0.1, -0.05) is 63.9 Å². The number of hydrogen-bond donors (Lipinski definition) is 0. The van der Waals surface area contributed by atoms with Gasteiger partial charge in [0.25, 0.3) is 0 Å². The summed E-state index contributed by atoms with van der Waals surface area (Å²) in [6.07, 6.45) is 0. The molecule has 0 aliphatic carbocycles. The molecule has 3 heterocycles. The molecule has 0 fully saturated rings. The Labute approximate surface area is 281 Å². The lowest BCUT2D eigenvalue weighted by Crippen LogP contribution is -2.46. The molecule has 8 rings (SSSR count). The van der Waals surface area contributed by atoms with Crippen molar-refractivity contribution >= 4 is 38.9 Å². The number of benzene rings is 5. The predicted octanol–water partition coefficient (Wildman–Crippen LogP) is 9.60. The quantitative estimate of drug-likeness (QED) is 0.174. The first-order chi connectivity index (χ1) is 22.5. The Morgan fingerprint density at radius 2 is 1.37 bits per heavy atom. The number of anilines is 2. The van der Waals surface area contributed by atoms with Crippen LogP contribution < -0.4 is 19.3 Å². The average molecular weight is 690 g/mol. The van der Waals surface area contributed by atoms with Crippen LogP contribution in [0.3, 0.4) is 0 Å². The number of rotatable bonds is 6. The lowest BCUT2D eigenvalue weighted by Gasteiger charge is -2.45. The van der Waals surface area contributed by atoms with Gasteiger partial charge in [-0.3, -0.25) is 4.57 Å². The van der Waals surface area contributed by atoms with E-state index in [0.29, 0.717) is 16.5 Å². The molecular weight excluding hydrogens is 660 g/mol. The van der Waals surface area contributed by atoms with Gasteiger partial charge in [-0.15, -0.1) is 0 Å². The molecule has 46 heavy (non-hydrogen) atoms. The van der Waals surface area contributed by atoms with Crippen LogP contribution in [0, 0.1) is 0 Å². The number of methoxy groups -OCH3 is 2. The minimum atomic E-state index is 0.636. The van der Waals surface area contributed by atoms with Crippen molar-refractivity contribution in [3.05, 3.63) is 130 Å². The summed E-state index contributed by atoms with van der Waals surface area (Å²) in [6, 6.07) is 37.5. The number of halogens is 2. The molecule has 2 bridgehead atoms. The molecule has 0 atom stereocenters. The van der Waals surface area contributed by atoms with Crippen LogP contribution in [0.5, 0.6) is 11.5 Å². The highest BCUT2D eigenvalue weighted by molar-refractivity contribution is 9.10. The Balaban J connectivity index is 1.35. The van der Waals surface area contributed by atoms with Crippen LogP contribution >= 0.6 is 27.5 Å². The Kier molecular flexibility index (Phi) is 7.23. The van der Waals surface area contributed by atoms with Gasteiger partial charge in [-0.2, -0.15) is 0 Å². The Morgan fingerprint density at radius 3 is 2.11 bits per heavy atom. The second-order valence-electron chi connectivity index (χ2n) is 11.5. The van der Waals surface area contributed by atoms with Crippen LogP contribution in [0.15, 0.2) is 114 Å². The van der Waals surface area contributed by atoms with E-state index in [1.807, 2.05) is 42.5 Å². The molecule has 0 unspecified atom stereocenters. The smallest absolute Gasteiger partial charge is 0.161 e. The van der Waals surface area contributed by atoms with Crippen LogP contribution in [0.25, 0.3) is 39.6 Å². The van der Waals surface area contributed by atoms with Gasteiger partial charge >= 0.3 is 0 Å². The van der Waals surface area contributed by atoms with E-state index in [-0.39, 0.29) is 0 Å². The first-order valence-corrected chi connectivity index (χ1v) is 16.3. The number of imidazole rings is 1. The average Bonchev–Trinajstić information content (AvgIpc) is 3.48. The standard InChI is InChI=1S/C38H30BrClN4O2/c1-45-34-17-13-24(20-35(34)46-2)36-37(30-10-6-7-11-31(30)40)44(29-8-4-3-5-9-29)38(41-36)25-12-15-32-26(18-25)21-42-23-43(32)22-27-19-28(39)14-16-33(27)42/h3-20H,21-23H2,1-2H3. The highest BCUT2D eigenvalue weighted by Gasteiger charge is 2.31. The van der Waals surface area contributed by atoms with Gasteiger partial charge in [0.2, 0.25) is 0 Å². The van der Waals surface area contributed by atoms with Crippen molar-refractivity contribution in [3.63, 3.8) is 0 Å². The highest BCUT2D eigenvalue weighted by atomic mass is 79.9. The van der Waals surface area contributed by atoms with Crippen molar-refractivity contribution in [1.82, 2.24) is 9.55 Å². The zero-order valence-corrected chi connectivity index (χ0v) is 27.7. The second-order valence-corrected chi connectivity index (χ2v) is 12.8. The zero-order valence-electron chi connectivity index (χ0n) is 25.4. The van der Waals surface area contributed by atoms with E-state index in [2.05, 4.69) is 97.0 Å². The fourth-order valence-electron chi connectivity index (χ4n) is 6.72. The van der Waals surface area contributed by atoms with E-state index in [1.54, 1.807) is 14.2 Å². The molecule has 0 radical (unpaired) electrons. The third-order valence-electron chi connectivity index (χ3n) is 8.80. The van der Waals surface area contributed by atoms with Gasteiger partial charge in [0.15, 0.2) is 11.5 Å². The largest absolute Gasteiger partial charge is 0.493 e. The fourth-order valence-corrected chi connectivity index (χ4v) is 7.35. The van der Waals surface area contributed by atoms with Crippen molar-refractivity contribution in [1.29, 1.82) is 0 Å². The Bertz CT molecular complexity index is 2110. The second kappa shape index (κ2) is 11.6. The molecule has 228 valence electrons. The molecule has 5 aromatic carbocycles. The Morgan fingerprint density at radius 1 is 0.696 bits per heavy atom. The molecule has 8 heteroatoms. The number of nitrogens with zero attached hydrogens (tertiary/aromatic N) is 4. The summed E-state index contributed by atoms with van der Waals surface area (Å²) in [4.78, 5) is 10.3. The number of aromatic nitrogens is 2. The Hall–Kier alpha value is -4.72. The molecule has 0 spiro atoms. The number of hydrogen-bond acceptors (Lipinski definition) is 5. The van der Waals surface area contributed by atoms with Crippen LogP contribution in [-0.2, 0) is 13.1 Å². The third kappa shape index (κ3) is 4.82. The highest BCUT2D eigenvalue weighted by Crippen LogP contribution is 2.45. The summed E-state index contributed by atoms with van der Waals surface area (Å²) in [6.45, 7) is 2.57. The van der Waals surface area contributed by atoms with Gasteiger partial charge in [0, 0.05) is 56.3 Å². The third-order valence-corrected chi connectivity index (χ3v) is 9.63. The minimum Gasteiger partial charge on any atom is -0.493 e. The van der Waals surface area contributed by atoms with Crippen LogP contribution in [-0.4, -0.2) is 30.4 Å². The molecule has 2 aliphatic rings. The van der Waals surface area contributed by atoms with Crippen molar-refractivity contribution in [2.24, 2.45) is 0 Å². The fraction of sp³-hybridized carbons (Fsp3) is 0.132. The monoisotopic (exact) mass is 688 g/mol. The summed E-state index contributed by atoms with van der Waals surface area (Å²) in [5.41, 5.74) is 10.7. The number of fused-ring (bicyclic) bond motifs is 6. The van der Waals surface area contributed by atoms with Crippen molar-refractivity contribution in [2.75, 3.05) is 30.7 Å². The first-order valence-electron chi connectivity index (χ1n) is 15.1. The number of para-hydroxylation sites is 1. The van der Waals surface area contributed by atoms with Gasteiger partial charge < -0.3 is 19.3 Å². The summed E-state index contributed by atoms with van der Waals surface area (Å²) >= 11 is 10.6. The van der Waals surface area contributed by atoms with Crippen molar-refractivity contribution < 1.29 is 9.47 Å². The summed E-state index contributed by atoms with van der Waals surface area (Å²) < 4.78 is 14.6. The normalized spacial score (nSPS) is 13.3. The molecule has 0 saturated heterocycles. The first kappa shape index (κ1) is 28.7. The maximum Gasteiger partial charge on any atom is 0.161 e. The lowest BCUT2D eigenvalue weighted by atomic mass is 9.99. The van der Waals surface area contributed by atoms with Crippen molar-refractivity contribution in [3.8, 4) is 51.1 Å². The van der Waals surface area contributed by atoms with Gasteiger partial charge in [-0.05, 0) is 83.9 Å².